The van der Waals surface area contributed by atoms with Crippen LogP contribution in [0.3, 0.4) is 0 Å². The number of carbonyl (C=O) groups is 1. The summed E-state index contributed by atoms with van der Waals surface area (Å²) < 4.78 is 23.0. The van der Waals surface area contributed by atoms with E-state index >= 15 is 0 Å². The Balaban J connectivity index is 1.60. The molecule has 12 unspecified atom stereocenters. The van der Waals surface area contributed by atoms with Crippen molar-refractivity contribution in [2.45, 2.75) is 421 Å². The molecule has 0 saturated carbocycles. The van der Waals surface area contributed by atoms with E-state index in [-0.39, 0.29) is 18.9 Å². The molecule has 12 atom stereocenters. The van der Waals surface area contributed by atoms with Crippen LogP contribution >= 0.6 is 0 Å². The number of hydrogen-bond donors (Lipinski definition) is 9. The number of aliphatic hydroxyl groups is 8. The number of unbranched alkanes of at least 4 members (excludes halogenated alkanes) is 37. The van der Waals surface area contributed by atoms with Gasteiger partial charge in [-0.25, -0.2) is 0 Å². The van der Waals surface area contributed by atoms with E-state index in [2.05, 4.69) is 153 Å². The second kappa shape index (κ2) is 73.9. The topological polar surface area (TPSA) is 228 Å². The third-order valence-corrected chi connectivity index (χ3v) is 20.4. The number of allylic oxidation sites excluding steroid dienone is 22. The zero-order valence-corrected chi connectivity index (χ0v) is 67.1. The van der Waals surface area contributed by atoms with Gasteiger partial charge < -0.3 is 65.1 Å². The highest BCUT2D eigenvalue weighted by molar-refractivity contribution is 5.76. The largest absolute Gasteiger partial charge is 0.394 e. The Morgan fingerprint density at radius 1 is 0.349 bits per heavy atom. The van der Waals surface area contributed by atoms with Gasteiger partial charge in [0.2, 0.25) is 5.91 Å². The number of carbonyl (C=O) groups excluding carboxylic acids is 1. The van der Waals surface area contributed by atoms with Crippen molar-refractivity contribution in [2.24, 2.45) is 0 Å². The van der Waals surface area contributed by atoms with Gasteiger partial charge in [0.05, 0.1) is 32.0 Å². The lowest BCUT2D eigenvalue weighted by Gasteiger charge is -2.46. The number of amides is 1. The van der Waals surface area contributed by atoms with Crippen LogP contribution in [-0.4, -0.2) is 140 Å². The second-order valence-corrected chi connectivity index (χ2v) is 29.9. The Morgan fingerprint density at radius 3 is 1.00 bits per heavy atom. The highest BCUT2D eigenvalue weighted by Gasteiger charge is 2.51. The summed E-state index contributed by atoms with van der Waals surface area (Å²) in [6, 6.07) is -0.847. The summed E-state index contributed by atoms with van der Waals surface area (Å²) in [4.78, 5) is 13.4. The molecule has 610 valence electrons. The van der Waals surface area contributed by atoms with Crippen LogP contribution in [0.25, 0.3) is 0 Å². The molecule has 1 amide bonds. The second-order valence-electron chi connectivity index (χ2n) is 29.9. The van der Waals surface area contributed by atoms with Gasteiger partial charge in [-0.1, -0.05) is 379 Å². The normalized spacial score (nSPS) is 22.0. The fourth-order valence-corrected chi connectivity index (χ4v) is 13.6. The summed E-state index contributed by atoms with van der Waals surface area (Å²) in [6.45, 7) is 2.78. The van der Waals surface area contributed by atoms with E-state index in [1.54, 1.807) is 0 Å². The number of nitrogens with one attached hydrogen (secondary N) is 1. The Bertz CT molecular complexity index is 2300. The van der Waals surface area contributed by atoms with E-state index < -0.39 is 86.8 Å². The van der Waals surface area contributed by atoms with Crippen molar-refractivity contribution in [3.8, 4) is 0 Å². The molecule has 0 spiro atoms. The Labute approximate surface area is 647 Å². The van der Waals surface area contributed by atoms with E-state index in [9.17, 15) is 45.6 Å². The van der Waals surface area contributed by atoms with Crippen molar-refractivity contribution in [3.63, 3.8) is 0 Å². The van der Waals surface area contributed by atoms with Gasteiger partial charge in [-0.3, -0.25) is 4.79 Å². The summed E-state index contributed by atoms with van der Waals surface area (Å²) >= 11 is 0. The fourth-order valence-electron chi connectivity index (χ4n) is 13.6. The lowest BCUT2D eigenvalue weighted by molar-refractivity contribution is -0.359. The maximum Gasteiger partial charge on any atom is 0.220 e. The van der Waals surface area contributed by atoms with Crippen LogP contribution in [0.1, 0.15) is 348 Å². The molecule has 2 rings (SSSR count). The van der Waals surface area contributed by atoms with Gasteiger partial charge >= 0.3 is 0 Å². The van der Waals surface area contributed by atoms with Gasteiger partial charge in [-0.15, -0.1) is 0 Å². The van der Waals surface area contributed by atoms with Crippen LogP contribution in [0.2, 0.25) is 0 Å². The first-order chi connectivity index (χ1) is 52.1. The lowest BCUT2D eigenvalue weighted by Crippen LogP contribution is -2.65. The zero-order valence-electron chi connectivity index (χ0n) is 67.1. The van der Waals surface area contributed by atoms with E-state index in [0.717, 1.165) is 135 Å². The molecule has 0 aliphatic carbocycles. The fraction of sp³-hybridized carbons (Fsp3) is 0.750. The molecule has 0 aromatic heterocycles. The molecule has 2 aliphatic rings. The lowest BCUT2D eigenvalue weighted by atomic mass is 9.97. The first-order valence-electron chi connectivity index (χ1n) is 43.4. The molecule has 0 radical (unpaired) electrons. The van der Waals surface area contributed by atoms with E-state index in [0.29, 0.717) is 12.8 Å². The molecule has 106 heavy (non-hydrogen) atoms. The minimum Gasteiger partial charge on any atom is -0.394 e. The summed E-state index contributed by atoms with van der Waals surface area (Å²) in [6.07, 6.45) is 93.5. The molecule has 2 aliphatic heterocycles. The molecule has 0 aromatic rings. The standard InChI is InChI=1S/C92H159NO13/c1-3-5-7-9-11-13-15-17-19-21-23-25-27-29-31-33-35-36-37-38-39-40-41-42-43-44-46-48-50-52-54-56-58-60-62-64-66-68-70-72-74-76-84(97)93-80(79-103-91-89(102)87(100)90(83(78-95)105-91)106-92-88(101)86(99)85(98)82(77-94)104-92)81(96)75-73-71-69-67-65-63-61-59-57-55-53-51-49-47-45-34-32-30-28-26-24-22-20-18-16-14-12-10-8-6-4-2/h5,7,11,13,17,19,23,25,29,31,35-36,38-39,41-42,44,46,50,52,56,58,80-83,85-92,94-96,98-102H,3-4,6,8-10,12,14-16,18,20-22,24,26-28,30,32-34,37,40,43,45,47-49,51,53-55,57,59-79H2,1-2H3,(H,93,97)/b7-5-,13-11-,19-17-,25-23-,31-29-,36-35-,39-38-,42-41-,46-44-,52-50-,58-56-. The van der Waals surface area contributed by atoms with Gasteiger partial charge in [0.15, 0.2) is 12.6 Å². The van der Waals surface area contributed by atoms with E-state index in [4.69, 9.17) is 18.9 Å². The summed E-state index contributed by atoms with van der Waals surface area (Å²) in [5.74, 6) is -0.218. The van der Waals surface area contributed by atoms with Gasteiger partial charge in [-0.05, 0) is 96.3 Å². The van der Waals surface area contributed by atoms with Crippen LogP contribution in [0.5, 0.6) is 0 Å². The third kappa shape index (κ3) is 55.5. The molecule has 2 fully saturated rings. The molecular weight excluding hydrogens is 1330 g/mol. The van der Waals surface area contributed by atoms with Crippen LogP contribution in [0.15, 0.2) is 134 Å². The summed E-state index contributed by atoms with van der Waals surface area (Å²) in [7, 11) is 0. The SMILES string of the molecule is CC/C=C\C/C=C\C/C=C\C/C=C\C/C=C\C/C=C\C/C=C\C/C=C\C/C=C\C/C=C\C/C=C\CCCCCCCCCC(=O)NC(COC1OC(CO)C(OC2OC(CO)C(O)C(O)C2O)C(O)C1O)C(O)CCCCCCCCCCCCCCCCCCCCCCCCCCCCCCCCC. The van der Waals surface area contributed by atoms with Crippen LogP contribution in [0.4, 0.5) is 0 Å². The molecule has 9 N–H and O–H groups in total. The van der Waals surface area contributed by atoms with Crippen molar-refractivity contribution >= 4 is 5.91 Å². The number of aliphatic hydroxyl groups excluding tert-OH is 8. The molecular formula is C92H159NO13. The molecule has 2 heterocycles. The summed E-state index contributed by atoms with van der Waals surface area (Å²) in [5, 5.41) is 88.0. The van der Waals surface area contributed by atoms with E-state index in [1.165, 1.54) is 180 Å². The van der Waals surface area contributed by atoms with Crippen molar-refractivity contribution in [3.05, 3.63) is 134 Å². The smallest absolute Gasteiger partial charge is 0.220 e. The highest BCUT2D eigenvalue weighted by Crippen LogP contribution is 2.30. The Kier molecular flexibility index (Phi) is 68.5. The van der Waals surface area contributed by atoms with Crippen molar-refractivity contribution in [1.29, 1.82) is 0 Å². The van der Waals surface area contributed by atoms with Gasteiger partial charge in [0.25, 0.3) is 0 Å². The van der Waals surface area contributed by atoms with Gasteiger partial charge in [0, 0.05) is 6.42 Å². The average molecular weight is 1490 g/mol. The average Bonchev–Trinajstić information content (AvgIpc) is 0.790. The molecule has 2 saturated heterocycles. The van der Waals surface area contributed by atoms with Crippen molar-refractivity contribution in [2.75, 3.05) is 19.8 Å². The monoisotopic (exact) mass is 1490 g/mol. The maximum atomic E-state index is 13.4. The highest BCUT2D eigenvalue weighted by atomic mass is 16.7. The van der Waals surface area contributed by atoms with Gasteiger partial charge in [0.1, 0.15) is 48.8 Å². The predicted octanol–water partition coefficient (Wildman–Crippen LogP) is 20.9. The van der Waals surface area contributed by atoms with Crippen molar-refractivity contribution in [1.82, 2.24) is 5.32 Å². The number of ether oxygens (including phenoxy) is 4. The maximum absolute atomic E-state index is 13.4. The molecule has 14 nitrogen and oxygen atoms in total. The minimum absolute atomic E-state index is 0.218. The molecule has 14 heteroatoms. The van der Waals surface area contributed by atoms with Crippen LogP contribution in [-0.2, 0) is 23.7 Å². The zero-order chi connectivity index (χ0) is 76.5. The minimum atomic E-state index is -1.79. The number of hydrogen-bond acceptors (Lipinski definition) is 13. The quantitative estimate of drug-likeness (QED) is 0.0204. The first-order valence-corrected chi connectivity index (χ1v) is 43.4. The Morgan fingerprint density at radius 2 is 0.651 bits per heavy atom. The van der Waals surface area contributed by atoms with Crippen molar-refractivity contribution < 1.29 is 64.6 Å². The molecule has 0 bridgehead atoms. The summed E-state index contributed by atoms with van der Waals surface area (Å²) in [5.41, 5.74) is 0. The molecule has 0 aromatic carbocycles. The Hall–Kier alpha value is -3.87. The third-order valence-electron chi connectivity index (χ3n) is 20.4. The van der Waals surface area contributed by atoms with Gasteiger partial charge in [-0.2, -0.15) is 0 Å². The first kappa shape index (κ1) is 98.2. The van der Waals surface area contributed by atoms with E-state index in [1.807, 2.05) is 0 Å². The number of rotatable bonds is 72. The van der Waals surface area contributed by atoms with Crippen LogP contribution in [0, 0.1) is 0 Å². The van der Waals surface area contributed by atoms with Crippen LogP contribution < -0.4 is 5.32 Å². The predicted molar refractivity (Wildman–Crippen MR) is 442 cm³/mol.